The minimum absolute atomic E-state index is 0.0275. The lowest BCUT2D eigenvalue weighted by atomic mass is 10.0. The fourth-order valence-corrected chi connectivity index (χ4v) is 3.35. The predicted octanol–water partition coefficient (Wildman–Crippen LogP) is 2.60. The largest absolute Gasteiger partial charge is 0.497 e. The first-order valence-electron chi connectivity index (χ1n) is 9.22. The lowest BCUT2D eigenvalue weighted by Gasteiger charge is -2.21. The maximum Gasteiger partial charge on any atom is 0.220 e. The molecular weight excluding hydrogens is 346 g/mol. The predicted molar refractivity (Wildman–Crippen MR) is 101 cm³/mol. The maximum absolute atomic E-state index is 12.6. The van der Waals surface area contributed by atoms with Gasteiger partial charge in [0.1, 0.15) is 23.4 Å². The molecule has 2 aromatic rings. The van der Waals surface area contributed by atoms with Crippen LogP contribution in [0.25, 0.3) is 0 Å². The van der Waals surface area contributed by atoms with E-state index in [2.05, 4.69) is 10.3 Å². The summed E-state index contributed by atoms with van der Waals surface area (Å²) in [5.74, 6) is 2.05. The van der Waals surface area contributed by atoms with Crippen LogP contribution >= 0.6 is 0 Å². The van der Waals surface area contributed by atoms with Crippen molar-refractivity contribution in [2.24, 2.45) is 7.05 Å². The molecule has 0 saturated carbocycles. The Morgan fingerprint density at radius 2 is 2.07 bits per heavy atom. The van der Waals surface area contributed by atoms with E-state index in [0.717, 1.165) is 37.3 Å². The number of ether oxygens (including phenoxy) is 3. The number of amides is 1. The van der Waals surface area contributed by atoms with Gasteiger partial charge in [0.05, 0.1) is 20.3 Å². The highest BCUT2D eigenvalue weighted by Crippen LogP contribution is 2.29. The zero-order valence-electron chi connectivity index (χ0n) is 16.1. The van der Waals surface area contributed by atoms with E-state index in [0.29, 0.717) is 17.9 Å². The number of hydrogen-bond donors (Lipinski definition) is 1. The fraction of sp³-hybridized carbons (Fsp3) is 0.500. The molecule has 1 fully saturated rings. The molecule has 1 amide bonds. The van der Waals surface area contributed by atoms with E-state index in [1.807, 2.05) is 29.9 Å². The first-order chi connectivity index (χ1) is 13.1. The van der Waals surface area contributed by atoms with E-state index in [1.54, 1.807) is 26.5 Å². The van der Waals surface area contributed by atoms with Gasteiger partial charge in [-0.2, -0.15) is 0 Å². The third kappa shape index (κ3) is 4.80. The van der Waals surface area contributed by atoms with Crippen molar-refractivity contribution in [3.05, 3.63) is 42.0 Å². The standard InChI is InChI=1S/C20H27N3O4/c1-23-9-8-21-20(23)19(14-11-16(25-2)13-17(12-14)26-3)22-18(24)7-6-15-5-4-10-27-15/h8-9,11-13,15,19H,4-7,10H2,1-3H3,(H,22,24). The van der Waals surface area contributed by atoms with Gasteiger partial charge in [0.15, 0.2) is 0 Å². The molecule has 1 aliphatic rings. The monoisotopic (exact) mass is 373 g/mol. The van der Waals surface area contributed by atoms with Gasteiger partial charge in [-0.3, -0.25) is 4.79 Å². The average molecular weight is 373 g/mol. The van der Waals surface area contributed by atoms with Crippen LogP contribution in [0, 0.1) is 0 Å². The van der Waals surface area contributed by atoms with Crippen LogP contribution in [-0.2, 0) is 16.6 Å². The summed E-state index contributed by atoms with van der Waals surface area (Å²) in [5.41, 5.74) is 0.853. The molecule has 1 aromatic heterocycles. The Bertz CT molecular complexity index is 746. The Morgan fingerprint density at radius 3 is 2.63 bits per heavy atom. The van der Waals surface area contributed by atoms with Gasteiger partial charge in [0, 0.05) is 38.5 Å². The highest BCUT2D eigenvalue weighted by Gasteiger charge is 2.23. The van der Waals surface area contributed by atoms with Crippen LogP contribution < -0.4 is 14.8 Å². The van der Waals surface area contributed by atoms with Crippen molar-refractivity contribution in [2.75, 3.05) is 20.8 Å². The number of benzene rings is 1. The van der Waals surface area contributed by atoms with E-state index in [9.17, 15) is 4.79 Å². The number of imidazole rings is 1. The number of nitrogens with one attached hydrogen (secondary N) is 1. The minimum Gasteiger partial charge on any atom is -0.497 e. The summed E-state index contributed by atoms with van der Waals surface area (Å²) in [5, 5.41) is 3.11. The Balaban J connectivity index is 1.81. The van der Waals surface area contributed by atoms with Crippen molar-refractivity contribution in [3.8, 4) is 11.5 Å². The van der Waals surface area contributed by atoms with Crippen LogP contribution in [0.2, 0.25) is 0 Å². The summed E-state index contributed by atoms with van der Waals surface area (Å²) < 4.78 is 18.3. The SMILES string of the molecule is COc1cc(OC)cc(C(NC(=O)CCC2CCCO2)c2nccn2C)c1. The topological polar surface area (TPSA) is 74.6 Å². The zero-order chi connectivity index (χ0) is 19.2. The number of hydrogen-bond acceptors (Lipinski definition) is 5. The summed E-state index contributed by atoms with van der Waals surface area (Å²) in [6.07, 6.45) is 7.04. The Kier molecular flexibility index (Phi) is 6.34. The van der Waals surface area contributed by atoms with Gasteiger partial charge in [0.25, 0.3) is 0 Å². The van der Waals surface area contributed by atoms with Crippen molar-refractivity contribution in [1.29, 1.82) is 0 Å². The molecule has 1 aromatic carbocycles. The Hall–Kier alpha value is -2.54. The van der Waals surface area contributed by atoms with Crippen LogP contribution in [0.4, 0.5) is 0 Å². The molecule has 0 bridgehead atoms. The molecule has 3 rings (SSSR count). The molecule has 7 heteroatoms. The van der Waals surface area contributed by atoms with E-state index in [4.69, 9.17) is 14.2 Å². The molecule has 7 nitrogen and oxygen atoms in total. The van der Waals surface area contributed by atoms with Gasteiger partial charge in [-0.1, -0.05) is 0 Å². The number of carbonyl (C=O) groups is 1. The molecule has 1 N–H and O–H groups in total. The maximum atomic E-state index is 12.6. The van der Waals surface area contributed by atoms with E-state index < -0.39 is 6.04 Å². The second-order valence-corrected chi connectivity index (χ2v) is 6.72. The van der Waals surface area contributed by atoms with Crippen LogP contribution in [-0.4, -0.2) is 42.4 Å². The average Bonchev–Trinajstić information content (AvgIpc) is 3.35. The summed E-state index contributed by atoms with van der Waals surface area (Å²) in [6.45, 7) is 0.797. The molecule has 1 aliphatic heterocycles. The summed E-state index contributed by atoms with van der Waals surface area (Å²) >= 11 is 0. The van der Waals surface area contributed by atoms with E-state index >= 15 is 0 Å². The molecular formula is C20H27N3O4. The van der Waals surface area contributed by atoms with Gasteiger partial charge in [0.2, 0.25) is 5.91 Å². The first kappa shape index (κ1) is 19.2. The van der Waals surface area contributed by atoms with Crippen LogP contribution in [0.3, 0.4) is 0 Å². The number of rotatable bonds is 8. The summed E-state index contributed by atoms with van der Waals surface area (Å²) in [7, 11) is 5.12. The molecule has 2 unspecified atom stereocenters. The highest BCUT2D eigenvalue weighted by molar-refractivity contribution is 5.77. The summed E-state index contributed by atoms with van der Waals surface area (Å²) in [4.78, 5) is 17.1. The Morgan fingerprint density at radius 1 is 1.33 bits per heavy atom. The van der Waals surface area contributed by atoms with Gasteiger partial charge in [-0.05, 0) is 37.0 Å². The molecule has 1 saturated heterocycles. The van der Waals surface area contributed by atoms with E-state index in [-0.39, 0.29) is 12.0 Å². The minimum atomic E-state index is -0.397. The molecule has 0 radical (unpaired) electrons. The third-order valence-corrected chi connectivity index (χ3v) is 4.85. The van der Waals surface area contributed by atoms with Gasteiger partial charge < -0.3 is 24.1 Å². The van der Waals surface area contributed by atoms with Crippen LogP contribution in [0.5, 0.6) is 11.5 Å². The normalized spacial score (nSPS) is 17.5. The summed E-state index contributed by atoms with van der Waals surface area (Å²) in [6, 6.07) is 5.19. The molecule has 2 atom stereocenters. The van der Waals surface area contributed by atoms with Gasteiger partial charge in [-0.25, -0.2) is 4.98 Å². The van der Waals surface area contributed by atoms with Gasteiger partial charge >= 0.3 is 0 Å². The lowest BCUT2D eigenvalue weighted by Crippen LogP contribution is -2.31. The molecule has 0 aliphatic carbocycles. The van der Waals surface area contributed by atoms with E-state index in [1.165, 1.54) is 0 Å². The van der Waals surface area contributed by atoms with Crippen molar-refractivity contribution < 1.29 is 19.0 Å². The molecule has 146 valence electrons. The fourth-order valence-electron chi connectivity index (χ4n) is 3.35. The number of methoxy groups -OCH3 is 2. The van der Waals surface area contributed by atoms with Crippen LogP contribution in [0.1, 0.15) is 43.1 Å². The molecule has 0 spiro atoms. The van der Waals surface area contributed by atoms with Crippen molar-refractivity contribution >= 4 is 5.91 Å². The second kappa shape index (κ2) is 8.90. The molecule has 27 heavy (non-hydrogen) atoms. The number of carbonyl (C=O) groups excluding carboxylic acids is 1. The quantitative estimate of drug-likeness (QED) is 0.770. The smallest absolute Gasteiger partial charge is 0.220 e. The zero-order valence-corrected chi connectivity index (χ0v) is 16.1. The third-order valence-electron chi connectivity index (χ3n) is 4.85. The van der Waals surface area contributed by atoms with Crippen molar-refractivity contribution in [2.45, 2.75) is 37.8 Å². The van der Waals surface area contributed by atoms with Crippen LogP contribution in [0.15, 0.2) is 30.6 Å². The lowest BCUT2D eigenvalue weighted by molar-refractivity contribution is -0.122. The second-order valence-electron chi connectivity index (χ2n) is 6.72. The van der Waals surface area contributed by atoms with Gasteiger partial charge in [-0.15, -0.1) is 0 Å². The highest BCUT2D eigenvalue weighted by atomic mass is 16.5. The Labute approximate surface area is 159 Å². The number of aromatic nitrogens is 2. The first-order valence-corrected chi connectivity index (χ1v) is 9.22. The molecule has 2 heterocycles. The number of nitrogens with zero attached hydrogens (tertiary/aromatic N) is 2. The van der Waals surface area contributed by atoms with Crippen molar-refractivity contribution in [1.82, 2.24) is 14.9 Å². The van der Waals surface area contributed by atoms with Crippen molar-refractivity contribution in [3.63, 3.8) is 0 Å². The number of aryl methyl sites for hydroxylation is 1.